The molecule has 2 aromatic carbocycles. The molecule has 0 saturated heterocycles. The number of hydrogen-bond acceptors (Lipinski definition) is 5. The van der Waals surface area contributed by atoms with Gasteiger partial charge in [0.25, 0.3) is 0 Å². The third-order valence-electron chi connectivity index (χ3n) is 4.03. The van der Waals surface area contributed by atoms with Gasteiger partial charge in [-0.25, -0.2) is 9.97 Å². The molecule has 2 heterocycles. The maximum absolute atomic E-state index is 10.8. The molecular weight excluding hydrogens is 330 g/mol. The zero-order valence-corrected chi connectivity index (χ0v) is 13.9. The fourth-order valence-corrected chi connectivity index (χ4v) is 3.75. The van der Waals surface area contributed by atoms with Crippen molar-refractivity contribution in [3.63, 3.8) is 0 Å². The molecule has 0 amide bonds. The van der Waals surface area contributed by atoms with Crippen molar-refractivity contribution in [2.75, 3.05) is 0 Å². The largest absolute Gasteiger partial charge is 0.382 e. The summed E-state index contributed by atoms with van der Waals surface area (Å²) < 4.78 is 0. The predicted octanol–water partition coefficient (Wildman–Crippen LogP) is 4.31. The second-order valence-electron chi connectivity index (χ2n) is 5.59. The van der Waals surface area contributed by atoms with Crippen LogP contribution in [0.4, 0.5) is 0 Å². The maximum atomic E-state index is 10.8. The molecule has 1 unspecified atom stereocenters. The predicted molar refractivity (Wildman–Crippen MR) is 98.1 cm³/mol. The topological polar surface area (TPSA) is 69.8 Å². The van der Waals surface area contributed by atoms with E-state index < -0.39 is 6.10 Å². The van der Waals surface area contributed by atoms with Gasteiger partial charge in [-0.15, -0.1) is 11.3 Å². The van der Waals surface area contributed by atoms with Gasteiger partial charge in [0.05, 0.1) is 17.3 Å². The van der Waals surface area contributed by atoms with Gasteiger partial charge in [-0.05, 0) is 29.3 Å². The fourth-order valence-electron chi connectivity index (χ4n) is 2.73. The Morgan fingerprint density at radius 2 is 1.76 bits per heavy atom. The van der Waals surface area contributed by atoms with Crippen molar-refractivity contribution >= 4 is 21.6 Å². The lowest BCUT2D eigenvalue weighted by Crippen LogP contribution is -2.03. The molecule has 4 nitrogen and oxygen atoms in total. The molecule has 5 heteroatoms. The lowest BCUT2D eigenvalue weighted by molar-refractivity contribution is 0.217. The zero-order chi connectivity index (χ0) is 17.2. The monoisotopic (exact) mass is 343 g/mol. The highest BCUT2D eigenvalue weighted by Gasteiger charge is 2.18. The van der Waals surface area contributed by atoms with E-state index in [1.807, 2.05) is 24.3 Å². The van der Waals surface area contributed by atoms with E-state index in [-0.39, 0.29) is 0 Å². The number of nitriles is 1. The molecule has 0 saturated carbocycles. The van der Waals surface area contributed by atoms with Crippen molar-refractivity contribution in [2.45, 2.75) is 6.10 Å². The molecule has 0 aliphatic carbocycles. The first-order chi connectivity index (χ1) is 12.3. The number of nitrogens with zero attached hydrogens (tertiary/aromatic N) is 3. The van der Waals surface area contributed by atoms with E-state index in [4.69, 9.17) is 5.26 Å². The second kappa shape index (κ2) is 6.44. The van der Waals surface area contributed by atoms with Crippen molar-refractivity contribution in [3.8, 4) is 16.5 Å². The van der Waals surface area contributed by atoms with Gasteiger partial charge in [0.2, 0.25) is 0 Å². The van der Waals surface area contributed by atoms with Crippen LogP contribution in [-0.2, 0) is 0 Å². The fraction of sp³-hybridized carbons (Fsp3) is 0.0500. The van der Waals surface area contributed by atoms with Gasteiger partial charge in [-0.3, -0.25) is 0 Å². The van der Waals surface area contributed by atoms with Crippen LogP contribution in [0.3, 0.4) is 0 Å². The van der Waals surface area contributed by atoms with Gasteiger partial charge in [-0.2, -0.15) is 5.26 Å². The number of rotatable bonds is 3. The molecule has 120 valence electrons. The van der Waals surface area contributed by atoms with Crippen LogP contribution in [0.2, 0.25) is 0 Å². The Morgan fingerprint density at radius 3 is 2.48 bits per heavy atom. The standard InChI is InChI=1S/C20H13N3OS/c21-11-13-6-8-15(9-7-13)19(24)18-16-10-17(14-4-2-1-3-5-14)25-20(16)23-12-22-18/h1-10,12,19,24H. The molecule has 0 bridgehead atoms. The Morgan fingerprint density at radius 1 is 1.00 bits per heavy atom. The first-order valence-electron chi connectivity index (χ1n) is 7.74. The van der Waals surface area contributed by atoms with Gasteiger partial charge >= 0.3 is 0 Å². The van der Waals surface area contributed by atoms with Crippen molar-refractivity contribution in [1.82, 2.24) is 9.97 Å². The van der Waals surface area contributed by atoms with E-state index in [9.17, 15) is 5.11 Å². The molecule has 0 radical (unpaired) electrons. The Kier molecular flexibility index (Phi) is 3.98. The summed E-state index contributed by atoms with van der Waals surface area (Å²) >= 11 is 1.58. The molecule has 0 spiro atoms. The van der Waals surface area contributed by atoms with Gasteiger partial charge in [-0.1, -0.05) is 42.5 Å². The lowest BCUT2D eigenvalue weighted by Gasteiger charge is -2.11. The van der Waals surface area contributed by atoms with Crippen LogP contribution in [-0.4, -0.2) is 15.1 Å². The van der Waals surface area contributed by atoms with Crippen LogP contribution in [0, 0.1) is 11.3 Å². The van der Waals surface area contributed by atoms with E-state index in [1.165, 1.54) is 6.33 Å². The van der Waals surface area contributed by atoms with Crippen molar-refractivity contribution < 1.29 is 5.11 Å². The summed E-state index contributed by atoms with van der Waals surface area (Å²) in [7, 11) is 0. The van der Waals surface area contributed by atoms with Gasteiger partial charge in [0.15, 0.2) is 0 Å². The first kappa shape index (κ1) is 15.5. The Balaban J connectivity index is 1.79. The minimum Gasteiger partial charge on any atom is -0.382 e. The summed E-state index contributed by atoms with van der Waals surface area (Å²) in [6.07, 6.45) is 0.618. The van der Waals surface area contributed by atoms with Crippen LogP contribution in [0.25, 0.3) is 20.7 Å². The smallest absolute Gasteiger partial charge is 0.127 e. The van der Waals surface area contributed by atoms with Gasteiger partial charge in [0.1, 0.15) is 17.3 Å². The zero-order valence-electron chi connectivity index (χ0n) is 13.1. The molecule has 25 heavy (non-hydrogen) atoms. The molecule has 1 atom stereocenters. The Bertz CT molecular complexity index is 1070. The quantitative estimate of drug-likeness (QED) is 0.602. The SMILES string of the molecule is N#Cc1ccc(C(O)c2ncnc3sc(-c4ccccc4)cc23)cc1. The molecular formula is C20H13N3OS. The molecule has 0 aliphatic rings. The number of aliphatic hydroxyl groups excluding tert-OH is 1. The number of aliphatic hydroxyl groups is 1. The molecule has 0 fully saturated rings. The second-order valence-corrected chi connectivity index (χ2v) is 6.62. The third-order valence-corrected chi connectivity index (χ3v) is 5.13. The summed E-state index contributed by atoms with van der Waals surface area (Å²) in [5.74, 6) is 0. The number of fused-ring (bicyclic) bond motifs is 1. The molecule has 4 aromatic rings. The number of thiophene rings is 1. The minimum atomic E-state index is -0.864. The van der Waals surface area contributed by atoms with Crippen molar-refractivity contribution in [1.29, 1.82) is 5.26 Å². The number of hydrogen-bond donors (Lipinski definition) is 1. The summed E-state index contributed by atoms with van der Waals surface area (Å²) in [5.41, 5.74) is 2.95. The molecule has 2 aromatic heterocycles. The van der Waals surface area contributed by atoms with E-state index >= 15 is 0 Å². The third kappa shape index (κ3) is 2.89. The summed E-state index contributed by atoms with van der Waals surface area (Å²) in [4.78, 5) is 10.6. The van der Waals surface area contributed by atoms with Crippen LogP contribution < -0.4 is 0 Å². The summed E-state index contributed by atoms with van der Waals surface area (Å²) in [6.45, 7) is 0. The summed E-state index contributed by atoms with van der Waals surface area (Å²) in [5, 5.41) is 20.5. The highest BCUT2D eigenvalue weighted by atomic mass is 32.1. The lowest BCUT2D eigenvalue weighted by atomic mass is 10.0. The molecule has 1 N–H and O–H groups in total. The van der Waals surface area contributed by atoms with E-state index in [1.54, 1.807) is 35.6 Å². The highest BCUT2D eigenvalue weighted by molar-refractivity contribution is 7.21. The number of aromatic nitrogens is 2. The normalized spacial score (nSPS) is 12.0. The van der Waals surface area contributed by atoms with Gasteiger partial charge in [0, 0.05) is 10.3 Å². The van der Waals surface area contributed by atoms with Gasteiger partial charge < -0.3 is 5.11 Å². The van der Waals surface area contributed by atoms with Crippen molar-refractivity contribution in [2.24, 2.45) is 0 Å². The van der Waals surface area contributed by atoms with Crippen LogP contribution in [0.1, 0.15) is 22.9 Å². The van der Waals surface area contributed by atoms with Crippen molar-refractivity contribution in [3.05, 3.63) is 83.8 Å². The Labute approximate surface area is 148 Å². The minimum absolute atomic E-state index is 0.561. The Hall–Kier alpha value is -3.07. The summed E-state index contributed by atoms with van der Waals surface area (Å²) in [6, 6.07) is 21.1. The van der Waals surface area contributed by atoms with Crippen LogP contribution >= 0.6 is 11.3 Å². The van der Waals surface area contributed by atoms with E-state index in [0.717, 1.165) is 20.7 Å². The number of benzene rings is 2. The molecule has 0 aliphatic heterocycles. The average molecular weight is 343 g/mol. The average Bonchev–Trinajstić information content (AvgIpc) is 3.12. The van der Waals surface area contributed by atoms with E-state index in [2.05, 4.69) is 28.2 Å². The van der Waals surface area contributed by atoms with E-state index in [0.29, 0.717) is 16.8 Å². The van der Waals surface area contributed by atoms with Crippen LogP contribution in [0.5, 0.6) is 0 Å². The first-order valence-corrected chi connectivity index (χ1v) is 8.56. The maximum Gasteiger partial charge on any atom is 0.127 e. The van der Waals surface area contributed by atoms with Crippen LogP contribution in [0.15, 0.2) is 67.0 Å². The molecule has 4 rings (SSSR count). The highest BCUT2D eigenvalue weighted by Crippen LogP contribution is 2.36.